The molecular formula is C10H12BrNO. The number of benzene rings is 1. The molecule has 2 nitrogen and oxygen atoms in total. The average Bonchev–Trinajstić information content (AvgIpc) is 2.05. The maximum Gasteiger partial charge on any atom is 0.124 e. The number of rotatable bonds is 2. The van der Waals surface area contributed by atoms with Crippen molar-refractivity contribution in [3.8, 4) is 5.75 Å². The van der Waals surface area contributed by atoms with E-state index in [2.05, 4.69) is 33.4 Å². The van der Waals surface area contributed by atoms with Gasteiger partial charge in [0.05, 0.1) is 7.11 Å². The van der Waals surface area contributed by atoms with Gasteiger partial charge in [-0.15, -0.1) is 0 Å². The lowest BCUT2D eigenvalue weighted by molar-refractivity contribution is 0.353. The predicted molar refractivity (Wildman–Crippen MR) is 56.1 cm³/mol. The van der Waals surface area contributed by atoms with Crippen molar-refractivity contribution < 1.29 is 4.74 Å². The second kappa shape index (κ2) is 3.68. The molecule has 3 heteroatoms. The number of hydrogen-bond donors (Lipinski definition) is 1. The summed E-state index contributed by atoms with van der Waals surface area (Å²) in [6, 6.07) is 6.66. The summed E-state index contributed by atoms with van der Waals surface area (Å²) in [5.41, 5.74) is 1.26. The zero-order valence-electron chi connectivity index (χ0n) is 7.51. The Morgan fingerprint density at radius 1 is 1.54 bits per heavy atom. The lowest BCUT2D eigenvalue weighted by atomic mass is 9.97. The first-order chi connectivity index (χ1) is 6.31. The maximum atomic E-state index is 5.31. The molecule has 0 aromatic heterocycles. The second-order valence-electron chi connectivity index (χ2n) is 3.18. The van der Waals surface area contributed by atoms with Crippen molar-refractivity contribution in [2.24, 2.45) is 0 Å². The quantitative estimate of drug-likeness (QED) is 0.860. The number of hydrogen-bond acceptors (Lipinski definition) is 2. The van der Waals surface area contributed by atoms with Gasteiger partial charge in [0.25, 0.3) is 0 Å². The Morgan fingerprint density at radius 2 is 2.31 bits per heavy atom. The van der Waals surface area contributed by atoms with Crippen molar-refractivity contribution in [1.29, 1.82) is 0 Å². The van der Waals surface area contributed by atoms with E-state index in [1.807, 2.05) is 6.07 Å². The molecular weight excluding hydrogens is 230 g/mol. The third-order valence-electron chi connectivity index (χ3n) is 2.39. The van der Waals surface area contributed by atoms with E-state index < -0.39 is 0 Å². The van der Waals surface area contributed by atoms with E-state index in [1.165, 1.54) is 12.0 Å². The number of methoxy groups -OCH3 is 1. The Balaban J connectivity index is 2.32. The summed E-state index contributed by atoms with van der Waals surface area (Å²) in [4.78, 5) is 0. The van der Waals surface area contributed by atoms with Crippen molar-refractivity contribution in [3.63, 3.8) is 0 Å². The van der Waals surface area contributed by atoms with Gasteiger partial charge in [-0.05, 0) is 25.1 Å². The first-order valence-corrected chi connectivity index (χ1v) is 5.17. The molecule has 0 bridgehead atoms. The van der Waals surface area contributed by atoms with Crippen molar-refractivity contribution in [2.75, 3.05) is 13.7 Å². The van der Waals surface area contributed by atoms with E-state index in [0.29, 0.717) is 6.04 Å². The SMILES string of the molecule is COc1cc(Br)ccc1[C@@H]1CCN1. The smallest absolute Gasteiger partial charge is 0.124 e. The van der Waals surface area contributed by atoms with Gasteiger partial charge in [-0.25, -0.2) is 0 Å². The Kier molecular flexibility index (Phi) is 2.56. The molecule has 0 spiro atoms. The normalized spacial score (nSPS) is 20.9. The van der Waals surface area contributed by atoms with Gasteiger partial charge >= 0.3 is 0 Å². The molecule has 0 radical (unpaired) electrons. The summed E-state index contributed by atoms with van der Waals surface area (Å²) in [5.74, 6) is 0.964. The molecule has 1 fully saturated rings. The fraction of sp³-hybridized carbons (Fsp3) is 0.400. The summed E-state index contributed by atoms with van der Waals surface area (Å²) in [6.45, 7) is 1.11. The van der Waals surface area contributed by atoms with Crippen molar-refractivity contribution in [3.05, 3.63) is 28.2 Å². The van der Waals surface area contributed by atoms with Crippen LogP contribution in [0, 0.1) is 0 Å². The molecule has 1 aromatic rings. The third kappa shape index (κ3) is 1.71. The first-order valence-electron chi connectivity index (χ1n) is 4.38. The summed E-state index contributed by atoms with van der Waals surface area (Å²) in [5, 5.41) is 3.36. The topological polar surface area (TPSA) is 21.3 Å². The third-order valence-corrected chi connectivity index (χ3v) is 2.89. The van der Waals surface area contributed by atoms with Crippen LogP contribution in [0.3, 0.4) is 0 Å². The molecule has 1 aromatic carbocycles. The Morgan fingerprint density at radius 3 is 2.85 bits per heavy atom. The predicted octanol–water partition coefficient (Wildman–Crippen LogP) is 2.49. The fourth-order valence-corrected chi connectivity index (χ4v) is 1.87. The van der Waals surface area contributed by atoms with Crippen molar-refractivity contribution in [1.82, 2.24) is 5.32 Å². The van der Waals surface area contributed by atoms with Crippen LogP contribution in [0.25, 0.3) is 0 Å². The molecule has 0 unspecified atom stereocenters. The van der Waals surface area contributed by atoms with Gasteiger partial charge in [0.15, 0.2) is 0 Å². The number of ether oxygens (including phenoxy) is 1. The Labute approximate surface area is 86.4 Å². The molecule has 0 aliphatic carbocycles. The van der Waals surface area contributed by atoms with Crippen LogP contribution in [0.1, 0.15) is 18.0 Å². The minimum absolute atomic E-state index is 0.489. The van der Waals surface area contributed by atoms with Crippen molar-refractivity contribution in [2.45, 2.75) is 12.5 Å². The fourth-order valence-electron chi connectivity index (χ4n) is 1.53. The van der Waals surface area contributed by atoms with Crippen LogP contribution < -0.4 is 10.1 Å². The minimum Gasteiger partial charge on any atom is -0.496 e. The van der Waals surface area contributed by atoms with Gasteiger partial charge < -0.3 is 10.1 Å². The van der Waals surface area contributed by atoms with Gasteiger partial charge in [0.2, 0.25) is 0 Å². The van der Waals surface area contributed by atoms with Crippen LogP contribution >= 0.6 is 15.9 Å². The monoisotopic (exact) mass is 241 g/mol. The Hall–Kier alpha value is -0.540. The molecule has 0 saturated carbocycles. The summed E-state index contributed by atoms with van der Waals surface area (Å²) >= 11 is 3.43. The van der Waals surface area contributed by atoms with E-state index in [9.17, 15) is 0 Å². The van der Waals surface area contributed by atoms with Gasteiger partial charge in [0, 0.05) is 16.1 Å². The molecule has 70 valence electrons. The highest BCUT2D eigenvalue weighted by Crippen LogP contribution is 2.32. The zero-order valence-corrected chi connectivity index (χ0v) is 9.10. The molecule has 2 rings (SSSR count). The highest BCUT2D eigenvalue weighted by molar-refractivity contribution is 9.10. The summed E-state index contributed by atoms with van der Waals surface area (Å²) < 4.78 is 6.38. The maximum absolute atomic E-state index is 5.31. The summed E-state index contributed by atoms with van der Waals surface area (Å²) in [6.07, 6.45) is 1.21. The molecule has 1 heterocycles. The molecule has 1 N–H and O–H groups in total. The van der Waals surface area contributed by atoms with Gasteiger partial charge in [-0.1, -0.05) is 22.0 Å². The average molecular weight is 242 g/mol. The molecule has 1 aliphatic rings. The molecule has 13 heavy (non-hydrogen) atoms. The molecule has 1 saturated heterocycles. The van der Waals surface area contributed by atoms with E-state index in [0.717, 1.165) is 16.8 Å². The standard InChI is InChI=1S/C10H12BrNO/c1-13-10-6-7(11)2-3-8(10)9-4-5-12-9/h2-3,6,9,12H,4-5H2,1H3/t9-/m0/s1. The van der Waals surface area contributed by atoms with Crippen LogP contribution in [0.15, 0.2) is 22.7 Å². The van der Waals surface area contributed by atoms with Crippen molar-refractivity contribution >= 4 is 15.9 Å². The van der Waals surface area contributed by atoms with Crippen LogP contribution in [-0.2, 0) is 0 Å². The lowest BCUT2D eigenvalue weighted by Crippen LogP contribution is -2.35. The number of halogens is 1. The lowest BCUT2D eigenvalue weighted by Gasteiger charge is -2.29. The molecule has 1 atom stereocenters. The second-order valence-corrected chi connectivity index (χ2v) is 4.10. The molecule has 0 amide bonds. The van der Waals surface area contributed by atoms with Crippen LogP contribution in [0.5, 0.6) is 5.75 Å². The van der Waals surface area contributed by atoms with E-state index in [1.54, 1.807) is 7.11 Å². The van der Waals surface area contributed by atoms with E-state index in [4.69, 9.17) is 4.74 Å². The number of nitrogens with one attached hydrogen (secondary N) is 1. The highest BCUT2D eigenvalue weighted by Gasteiger charge is 2.21. The minimum atomic E-state index is 0.489. The van der Waals surface area contributed by atoms with Gasteiger partial charge in [0.1, 0.15) is 5.75 Å². The van der Waals surface area contributed by atoms with Gasteiger partial charge in [-0.2, -0.15) is 0 Å². The van der Waals surface area contributed by atoms with Crippen LogP contribution in [0.2, 0.25) is 0 Å². The van der Waals surface area contributed by atoms with Crippen LogP contribution in [0.4, 0.5) is 0 Å². The molecule has 1 aliphatic heterocycles. The largest absolute Gasteiger partial charge is 0.496 e. The van der Waals surface area contributed by atoms with Crippen LogP contribution in [-0.4, -0.2) is 13.7 Å². The summed E-state index contributed by atoms with van der Waals surface area (Å²) in [7, 11) is 1.71. The zero-order chi connectivity index (χ0) is 9.26. The Bertz CT molecular complexity index is 310. The van der Waals surface area contributed by atoms with Gasteiger partial charge in [-0.3, -0.25) is 0 Å². The highest BCUT2D eigenvalue weighted by atomic mass is 79.9. The van der Waals surface area contributed by atoms with E-state index >= 15 is 0 Å². The van der Waals surface area contributed by atoms with E-state index in [-0.39, 0.29) is 0 Å². The first kappa shape index (κ1) is 9.03.